The molecular formula is C16H22N4O4S. The van der Waals surface area contributed by atoms with Gasteiger partial charge in [-0.25, -0.2) is 5.21 Å². The number of hydrogen-bond donors (Lipinski definition) is 2. The lowest BCUT2D eigenvalue weighted by Gasteiger charge is -2.53. The second-order valence-corrected chi connectivity index (χ2v) is 8.88. The molecule has 2 aliphatic rings. The van der Waals surface area contributed by atoms with Crippen molar-refractivity contribution in [2.75, 3.05) is 42.6 Å². The van der Waals surface area contributed by atoms with Crippen LogP contribution in [-0.4, -0.2) is 67.9 Å². The van der Waals surface area contributed by atoms with Crippen molar-refractivity contribution in [3.8, 4) is 6.07 Å². The van der Waals surface area contributed by atoms with Crippen LogP contribution in [0.1, 0.15) is 18.4 Å². The highest BCUT2D eigenvalue weighted by molar-refractivity contribution is 8.24. The number of anilines is 1. The maximum absolute atomic E-state index is 11.7. The molecule has 0 unspecified atom stereocenters. The fourth-order valence-corrected chi connectivity index (χ4v) is 4.83. The topological polar surface area (TPSA) is 114 Å². The third kappa shape index (κ3) is 4.04. The van der Waals surface area contributed by atoms with Crippen molar-refractivity contribution in [1.82, 2.24) is 4.90 Å². The Hall–Kier alpha value is -1.86. The molecule has 0 amide bonds. The van der Waals surface area contributed by atoms with Crippen molar-refractivity contribution in [2.24, 2.45) is 0 Å². The highest BCUT2D eigenvalue weighted by Gasteiger charge is 2.31. The molecule has 1 aromatic carbocycles. The number of hydrogen-bond acceptors (Lipinski definition) is 6. The van der Waals surface area contributed by atoms with Crippen LogP contribution in [0.2, 0.25) is 0 Å². The lowest BCUT2D eigenvalue weighted by atomic mass is 10.0. The molecule has 0 radical (unpaired) electrons. The molecule has 25 heavy (non-hydrogen) atoms. The molecule has 1 aromatic rings. The summed E-state index contributed by atoms with van der Waals surface area (Å²) in [6.45, 7) is 2.74. The van der Waals surface area contributed by atoms with E-state index in [1.165, 1.54) is 6.07 Å². The van der Waals surface area contributed by atoms with Gasteiger partial charge in [0.2, 0.25) is 0 Å². The minimum Gasteiger partial charge on any atom is -0.768 e. The molecule has 2 aliphatic heterocycles. The molecule has 2 saturated heterocycles. The zero-order valence-corrected chi connectivity index (χ0v) is 14.7. The van der Waals surface area contributed by atoms with Gasteiger partial charge in [-0.15, -0.1) is 0 Å². The number of nitrogens with zero attached hydrogens (tertiary/aromatic N) is 4. The largest absolute Gasteiger partial charge is 0.768 e. The van der Waals surface area contributed by atoms with Gasteiger partial charge in [-0.1, -0.05) is 0 Å². The summed E-state index contributed by atoms with van der Waals surface area (Å²) in [5.41, 5.74) is 1.02. The first-order chi connectivity index (χ1) is 11.9. The monoisotopic (exact) mass is 366 g/mol. The Labute approximate surface area is 148 Å². The van der Waals surface area contributed by atoms with Crippen LogP contribution in [-0.2, 0) is 0 Å². The first kappa shape index (κ1) is 17.9. The zero-order chi connectivity index (χ0) is 18.0. The third-order valence-corrected chi connectivity index (χ3v) is 6.67. The summed E-state index contributed by atoms with van der Waals surface area (Å²) in [6, 6.07) is 7.04. The molecule has 9 heteroatoms. The zero-order valence-electron chi connectivity index (χ0n) is 13.9. The van der Waals surface area contributed by atoms with Gasteiger partial charge >= 0.3 is 5.69 Å². The number of piperidine rings is 1. The van der Waals surface area contributed by atoms with Gasteiger partial charge in [0.1, 0.15) is 5.69 Å². The summed E-state index contributed by atoms with van der Waals surface area (Å²) in [4.78, 5) is 15.6. The van der Waals surface area contributed by atoms with E-state index in [0.717, 1.165) is 25.9 Å². The highest BCUT2D eigenvalue weighted by atomic mass is 32.3. The predicted molar refractivity (Wildman–Crippen MR) is 93.8 cm³/mol. The summed E-state index contributed by atoms with van der Waals surface area (Å²) < 4.78 is 21.3. The lowest BCUT2D eigenvalue weighted by Crippen LogP contribution is -2.49. The van der Waals surface area contributed by atoms with E-state index in [1.807, 2.05) is 11.0 Å². The van der Waals surface area contributed by atoms with E-state index >= 15 is 0 Å². The molecule has 0 spiro atoms. The van der Waals surface area contributed by atoms with E-state index in [4.69, 9.17) is 5.26 Å². The maximum Gasteiger partial charge on any atom is 0.340 e. The summed E-state index contributed by atoms with van der Waals surface area (Å²) in [6.07, 6.45) is 1.77. The van der Waals surface area contributed by atoms with Gasteiger partial charge in [0.25, 0.3) is 4.92 Å². The van der Waals surface area contributed by atoms with Gasteiger partial charge < -0.3 is 24.6 Å². The summed E-state index contributed by atoms with van der Waals surface area (Å²) in [7, 11) is -2.63. The molecule has 2 fully saturated rings. The standard InChI is InChI=1S/C16H22N4O4S/c17-12-13-1-2-15(16(11-13)20(21)22)19-5-3-14(4-6-19)18-7-9-25(23,24)10-8-18/h1-2,11,14H,3-10H2,(H2-,21,22,23,24). The smallest absolute Gasteiger partial charge is 0.340 e. The van der Waals surface area contributed by atoms with Crippen molar-refractivity contribution in [3.05, 3.63) is 28.7 Å². The van der Waals surface area contributed by atoms with Crippen LogP contribution in [0.5, 0.6) is 0 Å². The average molecular weight is 366 g/mol. The maximum atomic E-state index is 11.7. The second-order valence-electron chi connectivity index (χ2n) is 6.52. The summed E-state index contributed by atoms with van der Waals surface area (Å²) in [5.74, 6) is 0.672. The van der Waals surface area contributed by atoms with Gasteiger partial charge in [0, 0.05) is 49.8 Å². The van der Waals surface area contributed by atoms with Crippen molar-refractivity contribution < 1.29 is 19.2 Å². The molecule has 2 heterocycles. The molecule has 8 nitrogen and oxygen atoms in total. The van der Waals surface area contributed by atoms with Crippen molar-refractivity contribution >= 4 is 22.0 Å². The van der Waals surface area contributed by atoms with Crippen molar-refractivity contribution in [1.29, 1.82) is 5.26 Å². The highest BCUT2D eigenvalue weighted by Crippen LogP contribution is 2.41. The van der Waals surface area contributed by atoms with Gasteiger partial charge in [-0.2, -0.15) is 5.26 Å². The number of rotatable bonds is 3. The van der Waals surface area contributed by atoms with Crippen molar-refractivity contribution in [2.45, 2.75) is 18.9 Å². The van der Waals surface area contributed by atoms with Crippen LogP contribution in [0.25, 0.3) is 0 Å². The van der Waals surface area contributed by atoms with Gasteiger partial charge in [-0.05, 0) is 25.0 Å². The third-order valence-electron chi connectivity index (χ3n) is 5.03. The molecule has 136 valence electrons. The normalized spacial score (nSPS) is 23.0. The van der Waals surface area contributed by atoms with E-state index in [0.29, 0.717) is 41.9 Å². The predicted octanol–water partition coefficient (Wildman–Crippen LogP) is 2.05. The Morgan fingerprint density at radius 2 is 1.88 bits per heavy atom. The Bertz CT molecular complexity index is 688. The Kier molecular flexibility index (Phi) is 5.15. The SMILES string of the molecule is N#Cc1ccc(N2CCC(N3CCS([O-])(O)CC3)CC2)c([N+](=O)O)c1. The van der Waals surface area contributed by atoms with E-state index in [1.54, 1.807) is 12.1 Å². The molecule has 0 atom stereocenters. The quantitative estimate of drug-likeness (QED) is 0.787. The number of benzene rings is 1. The average Bonchev–Trinajstić information content (AvgIpc) is 2.61. The Morgan fingerprint density at radius 1 is 1.24 bits per heavy atom. The first-order valence-corrected chi connectivity index (χ1v) is 10.2. The van der Waals surface area contributed by atoms with Crippen LogP contribution >= 0.6 is 10.6 Å². The molecule has 0 bridgehead atoms. The van der Waals surface area contributed by atoms with E-state index in [9.17, 15) is 19.2 Å². The van der Waals surface area contributed by atoms with Crippen LogP contribution in [0, 0.1) is 16.2 Å². The summed E-state index contributed by atoms with van der Waals surface area (Å²) in [5, 5.41) is 18.3. The van der Waals surface area contributed by atoms with E-state index < -0.39 is 10.6 Å². The fraction of sp³-hybridized carbons (Fsp3) is 0.562. The minimum atomic E-state index is -2.63. The van der Waals surface area contributed by atoms with Gasteiger partial charge in [0.05, 0.1) is 16.5 Å². The van der Waals surface area contributed by atoms with Crippen molar-refractivity contribution in [3.63, 3.8) is 0 Å². The molecule has 0 saturated carbocycles. The molecule has 2 N–H and O–H groups in total. The summed E-state index contributed by atoms with van der Waals surface area (Å²) >= 11 is 0. The lowest BCUT2D eigenvalue weighted by molar-refractivity contribution is -0.729. The van der Waals surface area contributed by atoms with Gasteiger partial charge in [0.15, 0.2) is 0 Å². The van der Waals surface area contributed by atoms with Gasteiger partial charge in [-0.3, -0.25) is 4.90 Å². The van der Waals surface area contributed by atoms with Crippen LogP contribution in [0.15, 0.2) is 18.2 Å². The van der Waals surface area contributed by atoms with Crippen LogP contribution in [0.4, 0.5) is 11.4 Å². The first-order valence-electron chi connectivity index (χ1n) is 8.31. The van der Waals surface area contributed by atoms with E-state index in [-0.39, 0.29) is 10.6 Å². The Balaban J connectivity index is 1.65. The van der Waals surface area contributed by atoms with Crippen LogP contribution < -0.4 is 4.90 Å². The second kappa shape index (κ2) is 7.17. The molecular weight excluding hydrogens is 344 g/mol. The number of nitriles is 1. The molecule has 3 rings (SSSR count). The molecule has 0 aromatic heterocycles. The Morgan fingerprint density at radius 3 is 2.44 bits per heavy atom. The fourth-order valence-electron chi connectivity index (χ4n) is 3.58. The van der Waals surface area contributed by atoms with Crippen LogP contribution in [0.3, 0.4) is 0 Å². The molecule has 0 aliphatic carbocycles. The minimum absolute atomic E-state index is 0.0792. The van der Waals surface area contributed by atoms with E-state index in [2.05, 4.69) is 4.90 Å².